The lowest BCUT2D eigenvalue weighted by atomic mass is 10.2. The summed E-state index contributed by atoms with van der Waals surface area (Å²) in [5, 5.41) is -0.177. The molecule has 2 heterocycles. The van der Waals surface area contributed by atoms with Crippen LogP contribution in [-0.2, 0) is 14.8 Å². The van der Waals surface area contributed by atoms with E-state index in [4.69, 9.17) is 9.47 Å². The Morgan fingerprint density at radius 3 is 2.44 bits per heavy atom. The second-order valence-corrected chi connectivity index (χ2v) is 9.56. The van der Waals surface area contributed by atoms with E-state index >= 15 is 0 Å². The van der Waals surface area contributed by atoms with Crippen molar-refractivity contribution in [2.24, 2.45) is 0 Å². The van der Waals surface area contributed by atoms with Gasteiger partial charge in [0.1, 0.15) is 12.4 Å². The van der Waals surface area contributed by atoms with E-state index in [1.165, 1.54) is 0 Å². The minimum absolute atomic E-state index is 0.00217. The Morgan fingerprint density at radius 1 is 1.07 bits per heavy atom. The van der Waals surface area contributed by atoms with Crippen molar-refractivity contribution in [2.45, 2.75) is 37.0 Å². The first kappa shape index (κ1) is 18.7. The normalized spacial score (nSPS) is 24.1. The molecule has 1 atom stereocenters. The van der Waals surface area contributed by atoms with Crippen LogP contribution in [0.15, 0.2) is 24.3 Å². The Labute approximate surface area is 160 Å². The molecule has 2 aliphatic heterocycles. The Balaban J connectivity index is 1.34. The Morgan fingerprint density at radius 2 is 1.78 bits per heavy atom. The summed E-state index contributed by atoms with van der Waals surface area (Å²) in [6, 6.07) is 7.00. The van der Waals surface area contributed by atoms with Crippen LogP contribution in [0, 0.1) is 0 Å². The van der Waals surface area contributed by atoms with Gasteiger partial charge in [0, 0.05) is 25.2 Å². The highest BCUT2D eigenvalue weighted by molar-refractivity contribution is 7.90. The van der Waals surface area contributed by atoms with Gasteiger partial charge in [0.2, 0.25) is 10.0 Å². The van der Waals surface area contributed by atoms with Gasteiger partial charge in [0.05, 0.1) is 24.5 Å². The van der Waals surface area contributed by atoms with E-state index in [1.807, 2.05) is 0 Å². The van der Waals surface area contributed by atoms with Gasteiger partial charge in [-0.25, -0.2) is 8.42 Å². The minimum Gasteiger partial charge on any atom is -0.492 e. The number of benzene rings is 1. The molecule has 0 spiro atoms. The summed E-state index contributed by atoms with van der Waals surface area (Å²) in [6.07, 6.45) is 3.28. The summed E-state index contributed by atoms with van der Waals surface area (Å²) in [4.78, 5) is 14.2. The number of ether oxygens (including phenoxy) is 2. The molecule has 1 aliphatic carbocycles. The van der Waals surface area contributed by atoms with Crippen LogP contribution in [0.25, 0.3) is 0 Å². The van der Waals surface area contributed by atoms with Crippen molar-refractivity contribution in [1.29, 1.82) is 0 Å². The largest absolute Gasteiger partial charge is 0.492 e. The zero-order valence-corrected chi connectivity index (χ0v) is 16.2. The summed E-state index contributed by atoms with van der Waals surface area (Å²) in [6.45, 7) is 3.33. The predicted octanol–water partition coefficient (Wildman–Crippen LogP) is 1.49. The molecule has 3 fully saturated rings. The molecule has 0 radical (unpaired) electrons. The van der Waals surface area contributed by atoms with Gasteiger partial charge in [-0.2, -0.15) is 4.31 Å². The molecule has 0 N–H and O–H groups in total. The van der Waals surface area contributed by atoms with E-state index in [-0.39, 0.29) is 17.2 Å². The maximum Gasteiger partial charge on any atom is 0.254 e. The summed E-state index contributed by atoms with van der Waals surface area (Å²) >= 11 is 0. The summed E-state index contributed by atoms with van der Waals surface area (Å²) < 4.78 is 37.8. The van der Waals surface area contributed by atoms with Crippen molar-refractivity contribution in [3.63, 3.8) is 0 Å². The van der Waals surface area contributed by atoms with E-state index in [1.54, 1.807) is 33.5 Å². The molecule has 1 aromatic carbocycles. The van der Waals surface area contributed by atoms with Crippen LogP contribution in [-0.4, -0.2) is 74.3 Å². The van der Waals surface area contributed by atoms with Gasteiger partial charge in [-0.3, -0.25) is 4.79 Å². The molecule has 7 nitrogen and oxygen atoms in total. The van der Waals surface area contributed by atoms with E-state index in [0.717, 1.165) is 25.7 Å². The first-order chi connectivity index (χ1) is 13.1. The lowest BCUT2D eigenvalue weighted by Crippen LogP contribution is -2.41. The molecule has 8 heteroatoms. The van der Waals surface area contributed by atoms with Gasteiger partial charge in [0.15, 0.2) is 0 Å². The molecule has 4 rings (SSSR count). The minimum atomic E-state index is -3.16. The van der Waals surface area contributed by atoms with Crippen molar-refractivity contribution < 1.29 is 22.7 Å². The molecule has 2 saturated heterocycles. The zero-order chi connectivity index (χ0) is 18.9. The number of amides is 1. The molecule has 0 aromatic heterocycles. The number of morpholine rings is 1. The van der Waals surface area contributed by atoms with Crippen molar-refractivity contribution in [3.05, 3.63) is 29.8 Å². The van der Waals surface area contributed by atoms with E-state index < -0.39 is 10.0 Å². The van der Waals surface area contributed by atoms with E-state index in [2.05, 4.69) is 0 Å². The van der Waals surface area contributed by atoms with Crippen molar-refractivity contribution in [3.8, 4) is 5.75 Å². The fraction of sp³-hybridized carbons (Fsp3) is 0.632. The second kappa shape index (κ2) is 7.77. The summed E-state index contributed by atoms with van der Waals surface area (Å²) in [7, 11) is -3.16. The number of carbonyl (C=O) groups excluding carboxylic acids is 1. The molecule has 1 unspecified atom stereocenters. The van der Waals surface area contributed by atoms with Gasteiger partial charge < -0.3 is 14.4 Å². The topological polar surface area (TPSA) is 76.2 Å². The number of hydrogen-bond acceptors (Lipinski definition) is 5. The number of sulfonamides is 1. The highest BCUT2D eigenvalue weighted by Gasteiger charge is 2.44. The predicted molar refractivity (Wildman–Crippen MR) is 100 cm³/mol. The Kier molecular flexibility index (Phi) is 5.39. The molecule has 1 aromatic rings. The smallest absolute Gasteiger partial charge is 0.254 e. The van der Waals surface area contributed by atoms with Crippen LogP contribution >= 0.6 is 0 Å². The second-order valence-electron chi connectivity index (χ2n) is 7.39. The summed E-state index contributed by atoms with van der Waals surface area (Å²) in [5.41, 5.74) is 0.628. The quantitative estimate of drug-likeness (QED) is 0.731. The van der Waals surface area contributed by atoms with Gasteiger partial charge in [-0.15, -0.1) is 0 Å². The third kappa shape index (κ3) is 4.12. The molecule has 1 saturated carbocycles. The molecule has 1 amide bonds. The maximum absolute atomic E-state index is 12.5. The van der Waals surface area contributed by atoms with Gasteiger partial charge in [0.25, 0.3) is 5.91 Å². The molecular weight excluding hydrogens is 368 g/mol. The van der Waals surface area contributed by atoms with Gasteiger partial charge in [-0.1, -0.05) is 0 Å². The first-order valence-corrected chi connectivity index (χ1v) is 11.2. The fourth-order valence-corrected chi connectivity index (χ4v) is 5.78. The first-order valence-electron chi connectivity index (χ1n) is 9.66. The lowest BCUT2D eigenvalue weighted by molar-refractivity contribution is 0.0303. The Hall–Kier alpha value is -1.64. The lowest BCUT2D eigenvalue weighted by Gasteiger charge is -2.27. The molecule has 148 valence electrons. The van der Waals surface area contributed by atoms with Crippen LogP contribution < -0.4 is 4.74 Å². The van der Waals surface area contributed by atoms with Crippen LogP contribution in [0.2, 0.25) is 0 Å². The van der Waals surface area contributed by atoms with E-state index in [0.29, 0.717) is 50.8 Å². The van der Waals surface area contributed by atoms with Crippen LogP contribution in [0.1, 0.15) is 36.0 Å². The van der Waals surface area contributed by atoms with Crippen LogP contribution in [0.3, 0.4) is 0 Å². The van der Waals surface area contributed by atoms with Crippen molar-refractivity contribution in [2.75, 3.05) is 39.5 Å². The molecule has 3 aliphatic rings. The SMILES string of the molecule is O=C(c1ccc(OCC2CCCN2S(=O)(=O)C2CC2)cc1)N1CCOCC1. The Bertz CT molecular complexity index is 770. The van der Waals surface area contributed by atoms with Gasteiger partial charge in [-0.05, 0) is 49.9 Å². The number of hydrogen-bond donors (Lipinski definition) is 0. The third-order valence-corrected chi connectivity index (χ3v) is 7.89. The number of nitrogens with zero attached hydrogens (tertiary/aromatic N) is 2. The highest BCUT2D eigenvalue weighted by Crippen LogP contribution is 2.35. The third-order valence-electron chi connectivity index (χ3n) is 5.44. The van der Waals surface area contributed by atoms with Crippen LogP contribution in [0.5, 0.6) is 5.75 Å². The van der Waals surface area contributed by atoms with Gasteiger partial charge >= 0.3 is 0 Å². The van der Waals surface area contributed by atoms with Crippen molar-refractivity contribution >= 4 is 15.9 Å². The van der Waals surface area contributed by atoms with Crippen molar-refractivity contribution in [1.82, 2.24) is 9.21 Å². The fourth-order valence-electron chi connectivity index (χ4n) is 3.70. The highest BCUT2D eigenvalue weighted by atomic mass is 32.2. The zero-order valence-electron chi connectivity index (χ0n) is 15.4. The van der Waals surface area contributed by atoms with E-state index in [9.17, 15) is 13.2 Å². The molecule has 0 bridgehead atoms. The number of rotatable bonds is 6. The van der Waals surface area contributed by atoms with Crippen LogP contribution in [0.4, 0.5) is 0 Å². The molecular formula is C19H26N2O5S. The maximum atomic E-state index is 12.5. The average Bonchev–Trinajstić information content (AvgIpc) is 3.46. The standard InChI is InChI=1S/C19H26N2O5S/c22-19(20-10-12-25-13-11-20)15-3-5-17(6-4-15)26-14-16-2-1-9-21(16)27(23,24)18-7-8-18/h3-6,16,18H,1-2,7-14H2. The molecule has 27 heavy (non-hydrogen) atoms. The average molecular weight is 394 g/mol. The number of carbonyl (C=O) groups is 1. The monoisotopic (exact) mass is 394 g/mol. The summed E-state index contributed by atoms with van der Waals surface area (Å²) in [5.74, 6) is 0.659.